The second kappa shape index (κ2) is 5.24. The lowest BCUT2D eigenvalue weighted by Crippen LogP contribution is -2.17. The number of aromatic nitrogens is 4. The SMILES string of the molecule is Cc1nc(C)c2ncn(CC(P(=O)(O)O)P(=O)(O)O)c2n1. The van der Waals surface area contributed by atoms with E-state index in [0.29, 0.717) is 17.0 Å². The first-order valence-electron chi connectivity index (χ1n) is 5.76. The zero-order valence-corrected chi connectivity index (χ0v) is 12.9. The van der Waals surface area contributed by atoms with Gasteiger partial charge in [-0.1, -0.05) is 0 Å². The third-order valence-corrected chi connectivity index (χ3v) is 6.57. The summed E-state index contributed by atoms with van der Waals surface area (Å²) in [5.41, 5.74) is 1.25. The molecule has 0 radical (unpaired) electrons. The van der Waals surface area contributed by atoms with Gasteiger partial charge in [-0.05, 0) is 13.8 Å². The summed E-state index contributed by atoms with van der Waals surface area (Å²) in [5.74, 6) is 0.422. The van der Waals surface area contributed by atoms with Crippen LogP contribution in [-0.4, -0.2) is 44.5 Å². The van der Waals surface area contributed by atoms with Crippen LogP contribution in [0.5, 0.6) is 0 Å². The van der Waals surface area contributed by atoms with Gasteiger partial charge < -0.3 is 24.1 Å². The van der Waals surface area contributed by atoms with Gasteiger partial charge in [0.25, 0.3) is 0 Å². The Morgan fingerprint density at radius 1 is 1.14 bits per heavy atom. The molecule has 4 N–H and O–H groups in total. The molecule has 0 spiro atoms. The number of nitrogens with zero attached hydrogens (tertiary/aromatic N) is 4. The van der Waals surface area contributed by atoms with Gasteiger partial charge in [0.15, 0.2) is 11.0 Å². The van der Waals surface area contributed by atoms with Gasteiger partial charge >= 0.3 is 15.2 Å². The van der Waals surface area contributed by atoms with E-state index in [9.17, 15) is 9.13 Å². The van der Waals surface area contributed by atoms with Crippen molar-refractivity contribution in [3.05, 3.63) is 17.8 Å². The van der Waals surface area contributed by atoms with E-state index in [-0.39, 0.29) is 5.65 Å². The Bertz CT molecular complexity index is 756. The highest BCUT2D eigenvalue weighted by molar-refractivity contribution is 7.70. The lowest BCUT2D eigenvalue weighted by Gasteiger charge is -2.19. The van der Waals surface area contributed by atoms with Crippen molar-refractivity contribution < 1.29 is 28.7 Å². The Morgan fingerprint density at radius 2 is 1.71 bits per heavy atom. The van der Waals surface area contributed by atoms with Crippen molar-refractivity contribution in [1.29, 1.82) is 0 Å². The zero-order valence-electron chi connectivity index (χ0n) is 11.2. The fourth-order valence-corrected chi connectivity index (χ4v) is 4.29. The predicted molar refractivity (Wildman–Crippen MR) is 72.7 cm³/mol. The topological polar surface area (TPSA) is 159 Å². The largest absolute Gasteiger partial charge is 0.342 e. The summed E-state index contributed by atoms with van der Waals surface area (Å²) in [5, 5.41) is -2.14. The Morgan fingerprint density at radius 3 is 2.24 bits per heavy atom. The van der Waals surface area contributed by atoms with E-state index in [1.807, 2.05) is 0 Å². The quantitative estimate of drug-likeness (QED) is 0.569. The van der Waals surface area contributed by atoms with Crippen molar-refractivity contribution >= 4 is 26.4 Å². The fraction of sp³-hybridized carbons (Fsp3) is 0.444. The maximum Gasteiger partial charge on any atom is 0.342 e. The van der Waals surface area contributed by atoms with Gasteiger partial charge in [-0.3, -0.25) is 9.13 Å². The molecule has 0 atom stereocenters. The first kappa shape index (κ1) is 16.2. The lowest BCUT2D eigenvalue weighted by molar-refractivity contribution is 0.332. The second-order valence-electron chi connectivity index (χ2n) is 4.58. The van der Waals surface area contributed by atoms with Crippen LogP contribution in [0.25, 0.3) is 11.2 Å². The maximum atomic E-state index is 11.3. The smallest absolute Gasteiger partial charge is 0.324 e. The number of hydrogen-bond acceptors (Lipinski definition) is 5. The summed E-state index contributed by atoms with van der Waals surface area (Å²) in [7, 11) is -9.99. The van der Waals surface area contributed by atoms with Crippen molar-refractivity contribution in [2.24, 2.45) is 0 Å². The standard InChI is InChI=1S/C9H14N4O6P2/c1-5-8-9(12-6(2)11-5)13(4-10-8)3-7(20(14,15)16)21(17,18)19/h4,7H,3H2,1-2H3,(H2,14,15,16)(H2,17,18,19). The molecule has 0 fully saturated rings. The summed E-state index contributed by atoms with van der Waals surface area (Å²) >= 11 is 0. The minimum atomic E-state index is -5.00. The van der Waals surface area contributed by atoms with E-state index in [1.165, 1.54) is 10.9 Å². The second-order valence-corrected chi connectivity index (χ2v) is 8.59. The summed E-state index contributed by atoms with van der Waals surface area (Å²) in [4.78, 5) is 48.8. The van der Waals surface area contributed by atoms with Crippen LogP contribution in [0.4, 0.5) is 0 Å². The molecule has 2 heterocycles. The van der Waals surface area contributed by atoms with E-state index in [4.69, 9.17) is 19.6 Å². The Balaban J connectivity index is 2.53. The molecule has 0 saturated carbocycles. The number of imidazole rings is 1. The third-order valence-electron chi connectivity index (χ3n) is 2.89. The van der Waals surface area contributed by atoms with Crippen molar-refractivity contribution in [1.82, 2.24) is 19.5 Å². The zero-order chi connectivity index (χ0) is 16.0. The molecule has 0 aliphatic heterocycles. The molecule has 116 valence electrons. The maximum absolute atomic E-state index is 11.3. The Kier molecular flexibility index (Phi) is 4.05. The van der Waals surface area contributed by atoms with Gasteiger partial charge in [-0.25, -0.2) is 15.0 Å². The minimum absolute atomic E-state index is 0.270. The summed E-state index contributed by atoms with van der Waals surface area (Å²) in [6.07, 6.45) is 1.23. The summed E-state index contributed by atoms with van der Waals surface area (Å²) < 4.78 is 23.8. The molecule has 10 nitrogen and oxygen atoms in total. The molecule has 12 heteroatoms. The minimum Gasteiger partial charge on any atom is -0.324 e. The molecule has 0 aliphatic carbocycles. The van der Waals surface area contributed by atoms with E-state index >= 15 is 0 Å². The van der Waals surface area contributed by atoms with Crippen LogP contribution in [-0.2, 0) is 15.7 Å². The average molecular weight is 336 g/mol. The van der Waals surface area contributed by atoms with Crippen molar-refractivity contribution in [2.75, 3.05) is 0 Å². The van der Waals surface area contributed by atoms with Crippen LogP contribution in [0.1, 0.15) is 11.5 Å². The highest BCUT2D eigenvalue weighted by Gasteiger charge is 2.43. The molecule has 0 aliphatic rings. The molecule has 2 aromatic heterocycles. The van der Waals surface area contributed by atoms with Crippen molar-refractivity contribution in [3.63, 3.8) is 0 Å². The number of hydrogen-bond donors (Lipinski definition) is 4. The molecule has 0 aromatic carbocycles. The van der Waals surface area contributed by atoms with Crippen LogP contribution >= 0.6 is 15.2 Å². The summed E-state index contributed by atoms with van der Waals surface area (Å²) in [6, 6.07) is 0. The van der Waals surface area contributed by atoms with E-state index in [1.54, 1.807) is 13.8 Å². The molecule has 0 unspecified atom stereocenters. The molecule has 0 amide bonds. The molecule has 2 aromatic rings. The van der Waals surface area contributed by atoms with E-state index in [0.717, 1.165) is 0 Å². The van der Waals surface area contributed by atoms with Crippen LogP contribution < -0.4 is 0 Å². The van der Waals surface area contributed by atoms with Gasteiger partial charge in [0.1, 0.15) is 11.3 Å². The highest BCUT2D eigenvalue weighted by Crippen LogP contribution is 2.60. The first-order chi connectivity index (χ1) is 9.50. The van der Waals surface area contributed by atoms with E-state index < -0.39 is 27.1 Å². The summed E-state index contributed by atoms with van der Waals surface area (Å²) in [6.45, 7) is 2.73. The Hall–Kier alpha value is -1.15. The number of rotatable bonds is 4. The van der Waals surface area contributed by atoms with Crippen molar-refractivity contribution in [3.8, 4) is 0 Å². The van der Waals surface area contributed by atoms with Crippen LogP contribution in [0.15, 0.2) is 6.33 Å². The van der Waals surface area contributed by atoms with Gasteiger partial charge in [0.05, 0.1) is 18.6 Å². The third kappa shape index (κ3) is 3.37. The van der Waals surface area contributed by atoms with Gasteiger partial charge in [-0.15, -0.1) is 0 Å². The molecule has 21 heavy (non-hydrogen) atoms. The van der Waals surface area contributed by atoms with Gasteiger partial charge in [0, 0.05) is 0 Å². The van der Waals surface area contributed by atoms with Crippen LogP contribution in [0, 0.1) is 13.8 Å². The molecule has 0 saturated heterocycles. The monoisotopic (exact) mass is 336 g/mol. The van der Waals surface area contributed by atoms with Gasteiger partial charge in [0.2, 0.25) is 0 Å². The lowest BCUT2D eigenvalue weighted by atomic mass is 10.4. The predicted octanol–water partition coefficient (Wildman–Crippen LogP) is 0.125. The molecular weight excluding hydrogens is 322 g/mol. The fourth-order valence-electron chi connectivity index (χ4n) is 1.94. The number of aryl methyl sites for hydroxylation is 2. The van der Waals surface area contributed by atoms with Gasteiger partial charge in [-0.2, -0.15) is 0 Å². The Labute approximate surface area is 119 Å². The first-order valence-corrected chi connectivity index (χ1v) is 9.13. The molecule has 0 bridgehead atoms. The number of fused-ring (bicyclic) bond motifs is 1. The van der Waals surface area contributed by atoms with Crippen LogP contribution in [0.3, 0.4) is 0 Å². The highest BCUT2D eigenvalue weighted by atomic mass is 31.2. The van der Waals surface area contributed by atoms with E-state index in [2.05, 4.69) is 15.0 Å². The molecule has 2 rings (SSSR count). The van der Waals surface area contributed by atoms with Crippen LogP contribution in [0.2, 0.25) is 0 Å². The molecular formula is C9H14N4O6P2. The van der Waals surface area contributed by atoms with Crippen molar-refractivity contribution in [2.45, 2.75) is 25.8 Å². The normalized spacial score (nSPS) is 13.3. The average Bonchev–Trinajstić information content (AvgIpc) is 2.65.